The number of amides is 4. The van der Waals surface area contributed by atoms with Crippen molar-refractivity contribution in [3.63, 3.8) is 0 Å². The van der Waals surface area contributed by atoms with Crippen molar-refractivity contribution in [1.82, 2.24) is 10.2 Å². The van der Waals surface area contributed by atoms with Crippen LogP contribution in [0.1, 0.15) is 38.2 Å². The SMILES string of the molecule is Cc1ccccc1NC(=O)CN1C(=O)NC2(CCCCC2C)C1=O. The Kier molecular flexibility index (Phi) is 4.30. The molecule has 1 saturated carbocycles. The highest BCUT2D eigenvalue weighted by Gasteiger charge is 2.55. The third kappa shape index (κ3) is 2.77. The molecule has 6 nitrogen and oxygen atoms in total. The number of aryl methyl sites for hydroxylation is 1. The number of rotatable bonds is 3. The maximum Gasteiger partial charge on any atom is 0.325 e. The van der Waals surface area contributed by atoms with Gasteiger partial charge in [0.25, 0.3) is 5.91 Å². The molecule has 4 amide bonds. The van der Waals surface area contributed by atoms with Gasteiger partial charge in [-0.1, -0.05) is 38.0 Å². The number of carbonyl (C=O) groups excluding carboxylic acids is 3. The van der Waals surface area contributed by atoms with Crippen LogP contribution in [0.5, 0.6) is 0 Å². The van der Waals surface area contributed by atoms with Crippen molar-refractivity contribution in [2.24, 2.45) is 5.92 Å². The minimum absolute atomic E-state index is 0.0899. The third-order valence-electron chi connectivity index (χ3n) is 5.22. The quantitative estimate of drug-likeness (QED) is 0.836. The second kappa shape index (κ2) is 6.26. The van der Waals surface area contributed by atoms with E-state index in [0.717, 1.165) is 29.7 Å². The van der Waals surface area contributed by atoms with E-state index in [0.29, 0.717) is 12.1 Å². The zero-order chi connectivity index (χ0) is 17.3. The number of nitrogens with one attached hydrogen (secondary N) is 2. The van der Waals surface area contributed by atoms with Crippen molar-refractivity contribution in [2.45, 2.75) is 45.1 Å². The molecule has 3 rings (SSSR count). The lowest BCUT2D eigenvalue weighted by Gasteiger charge is -2.36. The van der Waals surface area contributed by atoms with E-state index in [9.17, 15) is 14.4 Å². The lowest BCUT2D eigenvalue weighted by atomic mass is 9.73. The van der Waals surface area contributed by atoms with E-state index in [4.69, 9.17) is 0 Å². The Morgan fingerprint density at radius 3 is 2.79 bits per heavy atom. The van der Waals surface area contributed by atoms with E-state index in [1.807, 2.05) is 32.0 Å². The second-order valence-corrected chi connectivity index (χ2v) is 6.80. The summed E-state index contributed by atoms with van der Waals surface area (Å²) in [7, 11) is 0. The van der Waals surface area contributed by atoms with Gasteiger partial charge in [0.1, 0.15) is 12.1 Å². The predicted molar refractivity (Wildman–Crippen MR) is 90.4 cm³/mol. The molecule has 1 spiro atoms. The first kappa shape index (κ1) is 16.5. The first-order valence-electron chi connectivity index (χ1n) is 8.43. The van der Waals surface area contributed by atoms with Gasteiger partial charge in [0.15, 0.2) is 0 Å². The average molecular weight is 329 g/mol. The zero-order valence-corrected chi connectivity index (χ0v) is 14.1. The Balaban J connectivity index is 1.71. The van der Waals surface area contributed by atoms with Crippen LogP contribution in [0.4, 0.5) is 10.5 Å². The fourth-order valence-electron chi connectivity index (χ4n) is 3.69. The first-order chi connectivity index (χ1) is 11.4. The average Bonchev–Trinajstić information content (AvgIpc) is 2.78. The predicted octanol–water partition coefficient (Wildman–Crippen LogP) is 2.43. The molecule has 0 bridgehead atoms. The molecular formula is C18H23N3O3. The second-order valence-electron chi connectivity index (χ2n) is 6.80. The van der Waals surface area contributed by atoms with Crippen LogP contribution in [0.25, 0.3) is 0 Å². The molecule has 0 aromatic heterocycles. The maximum atomic E-state index is 12.8. The van der Waals surface area contributed by atoms with E-state index < -0.39 is 11.6 Å². The summed E-state index contributed by atoms with van der Waals surface area (Å²) in [6, 6.07) is 6.94. The molecule has 24 heavy (non-hydrogen) atoms. The van der Waals surface area contributed by atoms with Crippen LogP contribution >= 0.6 is 0 Å². The van der Waals surface area contributed by atoms with Gasteiger partial charge in [-0.05, 0) is 37.3 Å². The summed E-state index contributed by atoms with van der Waals surface area (Å²) in [4.78, 5) is 38.4. The molecule has 1 aliphatic heterocycles. The largest absolute Gasteiger partial charge is 0.325 e. The Morgan fingerprint density at radius 1 is 1.33 bits per heavy atom. The summed E-state index contributed by atoms with van der Waals surface area (Å²) in [6.07, 6.45) is 3.55. The number of urea groups is 1. The van der Waals surface area contributed by atoms with Crippen LogP contribution in [-0.4, -0.2) is 34.8 Å². The number of anilines is 1. The Hall–Kier alpha value is -2.37. The van der Waals surface area contributed by atoms with E-state index >= 15 is 0 Å². The number of para-hydroxylation sites is 1. The molecule has 128 valence electrons. The van der Waals surface area contributed by atoms with E-state index in [-0.39, 0.29) is 24.3 Å². The molecule has 1 aromatic rings. The van der Waals surface area contributed by atoms with Crippen LogP contribution in [0, 0.1) is 12.8 Å². The van der Waals surface area contributed by atoms with Crippen LogP contribution in [0.15, 0.2) is 24.3 Å². The first-order valence-corrected chi connectivity index (χ1v) is 8.43. The van der Waals surface area contributed by atoms with Crippen molar-refractivity contribution < 1.29 is 14.4 Å². The summed E-state index contributed by atoms with van der Waals surface area (Å²) in [5.41, 5.74) is 0.800. The Morgan fingerprint density at radius 2 is 2.08 bits per heavy atom. The molecule has 2 N–H and O–H groups in total. The van der Waals surface area contributed by atoms with Gasteiger partial charge < -0.3 is 10.6 Å². The van der Waals surface area contributed by atoms with Gasteiger partial charge in [-0.15, -0.1) is 0 Å². The van der Waals surface area contributed by atoms with Crippen molar-refractivity contribution in [1.29, 1.82) is 0 Å². The van der Waals surface area contributed by atoms with Crippen molar-refractivity contribution in [2.75, 3.05) is 11.9 Å². The van der Waals surface area contributed by atoms with Gasteiger partial charge in [0.2, 0.25) is 5.91 Å². The zero-order valence-electron chi connectivity index (χ0n) is 14.1. The highest BCUT2D eigenvalue weighted by atomic mass is 16.2. The fraction of sp³-hybridized carbons (Fsp3) is 0.500. The lowest BCUT2D eigenvalue weighted by Crippen LogP contribution is -2.54. The van der Waals surface area contributed by atoms with Gasteiger partial charge in [-0.3, -0.25) is 14.5 Å². The smallest absolute Gasteiger partial charge is 0.324 e. The number of nitrogens with zero attached hydrogens (tertiary/aromatic N) is 1. The lowest BCUT2D eigenvalue weighted by molar-refractivity contribution is -0.136. The number of benzene rings is 1. The van der Waals surface area contributed by atoms with Crippen molar-refractivity contribution in [3.05, 3.63) is 29.8 Å². The summed E-state index contributed by atoms with van der Waals surface area (Å²) in [5, 5.41) is 5.62. The fourth-order valence-corrected chi connectivity index (χ4v) is 3.69. The molecule has 1 heterocycles. The summed E-state index contributed by atoms with van der Waals surface area (Å²) in [6.45, 7) is 3.63. The van der Waals surface area contributed by atoms with Crippen LogP contribution < -0.4 is 10.6 Å². The number of hydrogen-bond donors (Lipinski definition) is 2. The monoisotopic (exact) mass is 329 g/mol. The van der Waals surface area contributed by atoms with E-state index in [2.05, 4.69) is 10.6 Å². The van der Waals surface area contributed by atoms with Gasteiger partial charge >= 0.3 is 6.03 Å². The molecule has 2 atom stereocenters. The van der Waals surface area contributed by atoms with Gasteiger partial charge in [-0.25, -0.2) is 4.79 Å². The molecule has 2 fully saturated rings. The van der Waals surface area contributed by atoms with Crippen LogP contribution in [0.2, 0.25) is 0 Å². The number of imide groups is 1. The van der Waals surface area contributed by atoms with Crippen molar-refractivity contribution >= 4 is 23.5 Å². The molecule has 2 aliphatic rings. The minimum Gasteiger partial charge on any atom is -0.324 e. The normalized spacial score (nSPS) is 26.6. The Bertz CT molecular complexity index is 688. The molecule has 1 saturated heterocycles. The highest BCUT2D eigenvalue weighted by Crippen LogP contribution is 2.38. The maximum absolute atomic E-state index is 12.8. The Labute approximate surface area is 141 Å². The number of hydrogen-bond acceptors (Lipinski definition) is 3. The van der Waals surface area contributed by atoms with Crippen molar-refractivity contribution in [3.8, 4) is 0 Å². The summed E-state index contributed by atoms with van der Waals surface area (Å²) in [5.74, 6) is -0.542. The molecule has 1 aliphatic carbocycles. The molecule has 1 aromatic carbocycles. The highest BCUT2D eigenvalue weighted by molar-refractivity contribution is 6.10. The van der Waals surface area contributed by atoms with E-state index in [1.54, 1.807) is 6.07 Å². The topological polar surface area (TPSA) is 78.5 Å². The van der Waals surface area contributed by atoms with Gasteiger partial charge in [0.05, 0.1) is 0 Å². The molecule has 2 unspecified atom stereocenters. The standard InChI is InChI=1S/C18H23N3O3/c1-12-7-3-4-9-14(12)19-15(22)11-21-16(23)18(20-17(21)24)10-6-5-8-13(18)2/h3-4,7,9,13H,5-6,8,10-11H2,1-2H3,(H,19,22)(H,20,24). The van der Waals surface area contributed by atoms with Gasteiger partial charge in [0, 0.05) is 5.69 Å². The van der Waals surface area contributed by atoms with E-state index in [1.165, 1.54) is 0 Å². The summed E-state index contributed by atoms with van der Waals surface area (Å²) >= 11 is 0. The molecule has 0 radical (unpaired) electrons. The summed E-state index contributed by atoms with van der Waals surface area (Å²) < 4.78 is 0. The minimum atomic E-state index is -0.821. The van der Waals surface area contributed by atoms with Crippen LogP contribution in [-0.2, 0) is 9.59 Å². The molecule has 6 heteroatoms. The van der Waals surface area contributed by atoms with Crippen LogP contribution in [0.3, 0.4) is 0 Å². The van der Waals surface area contributed by atoms with Gasteiger partial charge in [-0.2, -0.15) is 0 Å². The molecular weight excluding hydrogens is 306 g/mol. The number of carbonyl (C=O) groups is 3. The third-order valence-corrected chi connectivity index (χ3v) is 5.22.